The first-order chi connectivity index (χ1) is 14.6. The van der Waals surface area contributed by atoms with Crippen LogP contribution in [0.1, 0.15) is 19.0 Å². The van der Waals surface area contributed by atoms with Crippen molar-refractivity contribution in [2.45, 2.75) is 24.7 Å². The van der Waals surface area contributed by atoms with Crippen LogP contribution >= 0.6 is 11.8 Å². The molecule has 0 aliphatic carbocycles. The fourth-order valence-corrected chi connectivity index (χ4v) is 3.41. The summed E-state index contributed by atoms with van der Waals surface area (Å²) in [5.74, 6) is 1.29. The largest absolute Gasteiger partial charge is 0.357 e. The number of hydrogen-bond acceptors (Lipinski definition) is 4. The topological polar surface area (TPSA) is 69.6 Å². The van der Waals surface area contributed by atoms with E-state index >= 15 is 0 Å². The zero-order valence-electron chi connectivity index (χ0n) is 17.6. The van der Waals surface area contributed by atoms with Crippen LogP contribution in [-0.4, -0.2) is 60.7 Å². The lowest BCUT2D eigenvalue weighted by atomic mass is 10.2. The van der Waals surface area contributed by atoms with Crippen molar-refractivity contribution in [2.75, 3.05) is 39.0 Å². The molecule has 0 bridgehead atoms. The lowest BCUT2D eigenvalue weighted by Crippen LogP contribution is -2.39. The van der Waals surface area contributed by atoms with Crippen LogP contribution < -0.4 is 10.6 Å². The van der Waals surface area contributed by atoms with E-state index in [9.17, 15) is 9.18 Å². The minimum absolute atomic E-state index is 0.0324. The number of rotatable bonds is 11. The van der Waals surface area contributed by atoms with Gasteiger partial charge < -0.3 is 15.5 Å². The third kappa shape index (κ3) is 9.26. The molecule has 162 valence electrons. The number of likely N-dealkylation sites (N-methyl/N-ethyl adjacent to an activating group) is 1. The Morgan fingerprint density at radius 2 is 2.00 bits per heavy atom. The second-order valence-electron chi connectivity index (χ2n) is 6.66. The van der Waals surface area contributed by atoms with Gasteiger partial charge in [0.15, 0.2) is 5.96 Å². The van der Waals surface area contributed by atoms with Gasteiger partial charge in [-0.2, -0.15) is 0 Å². The Kier molecular flexibility index (Phi) is 10.7. The molecule has 0 unspecified atom stereocenters. The molecule has 30 heavy (non-hydrogen) atoms. The highest BCUT2D eigenvalue weighted by Gasteiger charge is 2.09. The van der Waals surface area contributed by atoms with Crippen molar-refractivity contribution in [1.82, 2.24) is 20.5 Å². The minimum atomic E-state index is -0.218. The molecular formula is C22H30FN5OS. The number of benzene rings is 1. The SMILES string of the molecule is CCNC(=NCC(=O)N(C)CCc1ccccn1)NCCCSc1ccc(F)cc1. The fraction of sp³-hybridized carbons (Fsp3) is 0.409. The van der Waals surface area contributed by atoms with Crippen LogP contribution in [0.15, 0.2) is 58.5 Å². The van der Waals surface area contributed by atoms with Gasteiger partial charge in [-0.15, -0.1) is 11.8 Å². The number of amides is 1. The van der Waals surface area contributed by atoms with Crippen molar-refractivity contribution in [2.24, 2.45) is 4.99 Å². The second kappa shape index (κ2) is 13.6. The molecule has 0 aliphatic heterocycles. The molecule has 0 atom stereocenters. The van der Waals surface area contributed by atoms with Gasteiger partial charge in [0.25, 0.3) is 0 Å². The van der Waals surface area contributed by atoms with Gasteiger partial charge in [-0.25, -0.2) is 9.38 Å². The number of hydrogen-bond donors (Lipinski definition) is 2. The minimum Gasteiger partial charge on any atom is -0.357 e. The molecule has 0 saturated carbocycles. The van der Waals surface area contributed by atoms with Crippen molar-refractivity contribution in [3.8, 4) is 0 Å². The normalized spacial score (nSPS) is 11.2. The third-order valence-corrected chi connectivity index (χ3v) is 5.37. The summed E-state index contributed by atoms with van der Waals surface area (Å²) in [6, 6.07) is 12.3. The molecule has 2 aromatic rings. The fourth-order valence-electron chi connectivity index (χ4n) is 2.56. The van der Waals surface area contributed by atoms with Gasteiger partial charge in [-0.1, -0.05) is 6.07 Å². The maximum atomic E-state index is 12.9. The number of aromatic nitrogens is 1. The third-order valence-electron chi connectivity index (χ3n) is 4.27. The number of halogens is 1. The van der Waals surface area contributed by atoms with Crippen molar-refractivity contribution in [3.63, 3.8) is 0 Å². The van der Waals surface area contributed by atoms with Gasteiger partial charge in [0.05, 0.1) is 0 Å². The Hall–Kier alpha value is -2.61. The molecule has 1 amide bonds. The number of guanidine groups is 1. The van der Waals surface area contributed by atoms with E-state index in [-0.39, 0.29) is 18.3 Å². The van der Waals surface area contributed by atoms with E-state index < -0.39 is 0 Å². The lowest BCUT2D eigenvalue weighted by Gasteiger charge is -2.16. The second-order valence-corrected chi connectivity index (χ2v) is 7.83. The number of aliphatic imine (C=N–C) groups is 1. The number of nitrogens with zero attached hydrogens (tertiary/aromatic N) is 3. The zero-order valence-corrected chi connectivity index (χ0v) is 18.4. The van der Waals surface area contributed by atoms with Crippen molar-refractivity contribution in [3.05, 3.63) is 60.2 Å². The van der Waals surface area contributed by atoms with E-state index in [1.54, 1.807) is 42.0 Å². The summed E-state index contributed by atoms with van der Waals surface area (Å²) in [4.78, 5) is 23.7. The van der Waals surface area contributed by atoms with E-state index in [1.807, 2.05) is 25.1 Å². The van der Waals surface area contributed by atoms with Crippen molar-refractivity contribution < 1.29 is 9.18 Å². The Bertz CT molecular complexity index is 786. The Balaban J connectivity index is 1.69. The van der Waals surface area contributed by atoms with Gasteiger partial charge >= 0.3 is 0 Å². The van der Waals surface area contributed by atoms with E-state index in [1.165, 1.54) is 12.1 Å². The summed E-state index contributed by atoms with van der Waals surface area (Å²) in [6.07, 6.45) is 3.40. The van der Waals surface area contributed by atoms with E-state index in [0.717, 1.165) is 42.3 Å². The van der Waals surface area contributed by atoms with Gasteiger partial charge in [0, 0.05) is 49.9 Å². The molecule has 0 saturated heterocycles. The van der Waals surface area contributed by atoms with Gasteiger partial charge in [0.2, 0.25) is 5.91 Å². The maximum absolute atomic E-state index is 12.9. The average molecular weight is 432 g/mol. The van der Waals surface area contributed by atoms with Crippen LogP contribution in [0.2, 0.25) is 0 Å². The van der Waals surface area contributed by atoms with Crippen molar-refractivity contribution in [1.29, 1.82) is 0 Å². The van der Waals surface area contributed by atoms with Crippen LogP contribution in [0.25, 0.3) is 0 Å². The maximum Gasteiger partial charge on any atom is 0.244 e. The Morgan fingerprint density at radius 3 is 2.70 bits per heavy atom. The first-order valence-corrected chi connectivity index (χ1v) is 11.1. The number of thioether (sulfide) groups is 1. The molecule has 2 N–H and O–H groups in total. The first kappa shape index (κ1) is 23.7. The number of pyridine rings is 1. The van der Waals surface area contributed by atoms with Crippen LogP contribution in [0.4, 0.5) is 4.39 Å². The molecule has 0 aliphatic rings. The quantitative estimate of drug-likeness (QED) is 0.248. The molecule has 1 heterocycles. The van der Waals surface area contributed by atoms with Crippen LogP contribution in [0.3, 0.4) is 0 Å². The zero-order chi connectivity index (χ0) is 21.6. The predicted molar refractivity (Wildman–Crippen MR) is 121 cm³/mol. The molecule has 1 aromatic carbocycles. The molecule has 0 fully saturated rings. The molecule has 2 rings (SSSR count). The summed E-state index contributed by atoms with van der Waals surface area (Å²) in [5.41, 5.74) is 0.967. The van der Waals surface area contributed by atoms with E-state index in [4.69, 9.17) is 0 Å². The molecule has 1 aromatic heterocycles. The smallest absolute Gasteiger partial charge is 0.244 e. The molecular weight excluding hydrogens is 401 g/mol. The highest BCUT2D eigenvalue weighted by molar-refractivity contribution is 7.99. The number of carbonyl (C=O) groups is 1. The van der Waals surface area contributed by atoms with E-state index in [0.29, 0.717) is 12.5 Å². The standard InChI is InChI=1S/C22H30FN5OS/c1-3-24-22(26-14-6-16-30-20-10-8-18(23)9-11-20)27-17-21(29)28(2)15-12-19-7-4-5-13-25-19/h4-5,7-11,13H,3,6,12,14-17H2,1-2H3,(H2,24,26,27). The average Bonchev–Trinajstić information content (AvgIpc) is 2.77. The summed E-state index contributed by atoms with van der Waals surface area (Å²) < 4.78 is 12.9. The predicted octanol–water partition coefficient (Wildman–Crippen LogP) is 2.96. The monoisotopic (exact) mass is 431 g/mol. The van der Waals surface area contributed by atoms with Crippen molar-refractivity contribution >= 4 is 23.6 Å². The summed E-state index contributed by atoms with van der Waals surface area (Å²) in [5, 5.41) is 6.41. The molecule has 0 radical (unpaired) electrons. The van der Waals surface area contributed by atoms with Gasteiger partial charge in [0.1, 0.15) is 12.4 Å². The number of carbonyl (C=O) groups excluding carboxylic acids is 1. The van der Waals surface area contributed by atoms with Crippen LogP contribution in [0, 0.1) is 5.82 Å². The highest BCUT2D eigenvalue weighted by atomic mass is 32.2. The van der Waals surface area contributed by atoms with Gasteiger partial charge in [-0.3, -0.25) is 9.78 Å². The summed E-state index contributed by atoms with van der Waals surface area (Å²) in [7, 11) is 1.79. The van der Waals surface area contributed by atoms with Crippen LogP contribution in [-0.2, 0) is 11.2 Å². The number of nitrogens with one attached hydrogen (secondary N) is 2. The van der Waals surface area contributed by atoms with Crippen LogP contribution in [0.5, 0.6) is 0 Å². The summed E-state index contributed by atoms with van der Waals surface area (Å²) >= 11 is 1.69. The summed E-state index contributed by atoms with van der Waals surface area (Å²) in [6.45, 7) is 4.15. The Morgan fingerprint density at radius 1 is 1.20 bits per heavy atom. The lowest BCUT2D eigenvalue weighted by molar-refractivity contribution is -0.128. The molecule has 0 spiro atoms. The van der Waals surface area contributed by atoms with Gasteiger partial charge in [-0.05, 0) is 55.5 Å². The highest BCUT2D eigenvalue weighted by Crippen LogP contribution is 2.18. The first-order valence-electron chi connectivity index (χ1n) is 10.1. The molecule has 8 heteroatoms. The Labute approximate surface area is 182 Å². The molecule has 6 nitrogen and oxygen atoms in total. The van der Waals surface area contributed by atoms with E-state index in [2.05, 4.69) is 20.6 Å².